The van der Waals surface area contributed by atoms with Crippen LogP contribution in [0.25, 0.3) is 0 Å². The molecule has 0 amide bonds. The molecule has 3 heteroatoms. The summed E-state index contributed by atoms with van der Waals surface area (Å²) < 4.78 is 0. The average Bonchev–Trinajstić information content (AvgIpc) is 2.41. The monoisotopic (exact) mass is 259 g/mol. The number of hydrogen-bond donors (Lipinski definition) is 0. The van der Waals surface area contributed by atoms with Gasteiger partial charge in [-0.2, -0.15) is 0 Å². The van der Waals surface area contributed by atoms with Crippen LogP contribution in [0.2, 0.25) is 0 Å². The second-order valence-electron chi connectivity index (χ2n) is 5.41. The Bertz CT molecular complexity index is 497. The SMILES string of the molecule is Cc1ccc(C(=O)C(C)N2CCC(=O)CC2)cc1C. The van der Waals surface area contributed by atoms with Crippen molar-refractivity contribution in [1.29, 1.82) is 0 Å². The van der Waals surface area contributed by atoms with Crippen LogP contribution in [0.1, 0.15) is 41.3 Å². The van der Waals surface area contributed by atoms with Crippen molar-refractivity contribution in [3.63, 3.8) is 0 Å². The molecule has 1 unspecified atom stereocenters. The number of benzene rings is 1. The van der Waals surface area contributed by atoms with Gasteiger partial charge in [0, 0.05) is 31.5 Å². The van der Waals surface area contributed by atoms with Gasteiger partial charge in [0.15, 0.2) is 5.78 Å². The number of piperidine rings is 1. The van der Waals surface area contributed by atoms with Gasteiger partial charge in [0.25, 0.3) is 0 Å². The number of Topliss-reactive ketones (excluding diaryl/α,β-unsaturated/α-hetero) is 2. The topological polar surface area (TPSA) is 37.4 Å². The maximum Gasteiger partial charge on any atom is 0.179 e. The molecule has 0 aromatic heterocycles. The van der Waals surface area contributed by atoms with Gasteiger partial charge < -0.3 is 0 Å². The van der Waals surface area contributed by atoms with Gasteiger partial charge in [-0.15, -0.1) is 0 Å². The van der Waals surface area contributed by atoms with Crippen LogP contribution in [0.15, 0.2) is 18.2 Å². The first-order valence-electron chi connectivity index (χ1n) is 6.86. The van der Waals surface area contributed by atoms with Crippen LogP contribution >= 0.6 is 0 Å². The predicted octanol–water partition coefficient (Wildman–Crippen LogP) is 2.54. The number of nitrogens with zero attached hydrogens (tertiary/aromatic N) is 1. The number of carbonyl (C=O) groups is 2. The third-order valence-electron chi connectivity index (χ3n) is 4.07. The fraction of sp³-hybridized carbons (Fsp3) is 0.500. The lowest BCUT2D eigenvalue weighted by Crippen LogP contribution is -2.44. The number of ketones is 2. The lowest BCUT2D eigenvalue weighted by Gasteiger charge is -2.30. The minimum Gasteiger partial charge on any atom is -0.300 e. The van der Waals surface area contributed by atoms with E-state index in [1.807, 2.05) is 39.0 Å². The molecule has 0 saturated carbocycles. The van der Waals surface area contributed by atoms with Gasteiger partial charge in [-0.3, -0.25) is 14.5 Å². The van der Waals surface area contributed by atoms with Crippen molar-refractivity contribution < 1.29 is 9.59 Å². The summed E-state index contributed by atoms with van der Waals surface area (Å²) in [5.41, 5.74) is 3.12. The molecule has 0 bridgehead atoms. The molecule has 1 aromatic carbocycles. The molecule has 0 spiro atoms. The van der Waals surface area contributed by atoms with Gasteiger partial charge in [0.2, 0.25) is 0 Å². The van der Waals surface area contributed by atoms with Crippen molar-refractivity contribution in [2.45, 2.75) is 39.7 Å². The van der Waals surface area contributed by atoms with E-state index in [-0.39, 0.29) is 11.8 Å². The zero-order chi connectivity index (χ0) is 14.0. The molecule has 1 saturated heterocycles. The van der Waals surface area contributed by atoms with Crippen molar-refractivity contribution >= 4 is 11.6 Å². The normalized spacial score (nSPS) is 18.4. The van der Waals surface area contributed by atoms with Crippen LogP contribution < -0.4 is 0 Å². The number of carbonyl (C=O) groups excluding carboxylic acids is 2. The highest BCUT2D eigenvalue weighted by Crippen LogP contribution is 2.16. The minimum absolute atomic E-state index is 0.143. The van der Waals surface area contributed by atoms with Crippen LogP contribution in [0.4, 0.5) is 0 Å². The van der Waals surface area contributed by atoms with Crippen molar-refractivity contribution in [3.8, 4) is 0 Å². The molecule has 0 aliphatic carbocycles. The highest BCUT2D eigenvalue weighted by molar-refractivity contribution is 6.00. The van der Waals surface area contributed by atoms with Crippen molar-refractivity contribution in [2.24, 2.45) is 0 Å². The van der Waals surface area contributed by atoms with E-state index in [9.17, 15) is 9.59 Å². The maximum atomic E-state index is 12.5. The van der Waals surface area contributed by atoms with Gasteiger partial charge >= 0.3 is 0 Å². The molecular formula is C16H21NO2. The number of likely N-dealkylation sites (tertiary alicyclic amines) is 1. The summed E-state index contributed by atoms with van der Waals surface area (Å²) in [6.45, 7) is 7.42. The van der Waals surface area contributed by atoms with E-state index in [2.05, 4.69) is 4.90 Å². The lowest BCUT2D eigenvalue weighted by molar-refractivity contribution is -0.121. The van der Waals surface area contributed by atoms with Crippen LogP contribution in [-0.2, 0) is 4.79 Å². The summed E-state index contributed by atoms with van der Waals surface area (Å²) in [6, 6.07) is 5.71. The van der Waals surface area contributed by atoms with Crippen LogP contribution in [0.5, 0.6) is 0 Å². The molecule has 0 N–H and O–H groups in total. The standard InChI is InChI=1S/C16H21NO2/c1-11-4-5-14(10-12(11)2)16(19)13(3)17-8-6-15(18)7-9-17/h4-5,10,13H,6-9H2,1-3H3. The zero-order valence-corrected chi connectivity index (χ0v) is 11.9. The summed E-state index contributed by atoms with van der Waals surface area (Å²) in [5.74, 6) is 0.458. The quantitative estimate of drug-likeness (QED) is 0.783. The second-order valence-corrected chi connectivity index (χ2v) is 5.41. The van der Waals surface area contributed by atoms with Crippen LogP contribution in [0, 0.1) is 13.8 Å². The molecule has 19 heavy (non-hydrogen) atoms. The predicted molar refractivity (Wildman–Crippen MR) is 75.5 cm³/mol. The molecule has 1 atom stereocenters. The summed E-state index contributed by atoms with van der Waals surface area (Å²) in [7, 11) is 0. The van der Waals surface area contributed by atoms with E-state index in [0.717, 1.165) is 11.1 Å². The Morgan fingerprint density at radius 1 is 1.16 bits per heavy atom. The first-order valence-corrected chi connectivity index (χ1v) is 6.86. The van der Waals surface area contributed by atoms with E-state index in [1.165, 1.54) is 5.56 Å². The van der Waals surface area contributed by atoms with Gasteiger partial charge in [-0.25, -0.2) is 0 Å². The van der Waals surface area contributed by atoms with Gasteiger partial charge in [0.05, 0.1) is 6.04 Å². The van der Waals surface area contributed by atoms with Crippen molar-refractivity contribution in [1.82, 2.24) is 4.90 Å². The molecule has 1 aliphatic rings. The average molecular weight is 259 g/mol. The first-order chi connectivity index (χ1) is 8.99. The smallest absolute Gasteiger partial charge is 0.179 e. The molecule has 1 heterocycles. The second kappa shape index (κ2) is 5.66. The number of hydrogen-bond acceptors (Lipinski definition) is 3. The van der Waals surface area contributed by atoms with Gasteiger partial charge in [-0.05, 0) is 38.0 Å². The third kappa shape index (κ3) is 3.10. The summed E-state index contributed by atoms with van der Waals surface area (Å²) in [5, 5.41) is 0. The van der Waals surface area contributed by atoms with E-state index in [0.29, 0.717) is 31.7 Å². The largest absolute Gasteiger partial charge is 0.300 e. The Morgan fingerprint density at radius 3 is 2.37 bits per heavy atom. The van der Waals surface area contributed by atoms with E-state index in [4.69, 9.17) is 0 Å². The number of rotatable bonds is 3. The van der Waals surface area contributed by atoms with Crippen molar-refractivity contribution in [3.05, 3.63) is 34.9 Å². The lowest BCUT2D eigenvalue weighted by atomic mass is 9.98. The van der Waals surface area contributed by atoms with Crippen molar-refractivity contribution in [2.75, 3.05) is 13.1 Å². The Labute approximate surface area is 114 Å². The molecule has 102 valence electrons. The third-order valence-corrected chi connectivity index (χ3v) is 4.07. The summed E-state index contributed by atoms with van der Waals surface area (Å²) in [4.78, 5) is 25.8. The van der Waals surface area contributed by atoms with Crippen LogP contribution in [-0.4, -0.2) is 35.6 Å². The van der Waals surface area contributed by atoms with Gasteiger partial charge in [0.1, 0.15) is 5.78 Å². The molecule has 3 nitrogen and oxygen atoms in total. The fourth-order valence-corrected chi connectivity index (χ4v) is 2.46. The molecule has 1 aromatic rings. The summed E-state index contributed by atoms with van der Waals surface area (Å²) >= 11 is 0. The molecule has 1 aliphatic heterocycles. The van der Waals surface area contributed by atoms with E-state index in [1.54, 1.807) is 0 Å². The highest BCUT2D eigenvalue weighted by Gasteiger charge is 2.26. The minimum atomic E-state index is -0.143. The zero-order valence-electron chi connectivity index (χ0n) is 11.9. The molecule has 2 rings (SSSR count). The van der Waals surface area contributed by atoms with E-state index < -0.39 is 0 Å². The van der Waals surface area contributed by atoms with E-state index >= 15 is 0 Å². The molecular weight excluding hydrogens is 238 g/mol. The van der Waals surface area contributed by atoms with Gasteiger partial charge in [-0.1, -0.05) is 12.1 Å². The Kier molecular flexibility index (Phi) is 4.15. The van der Waals surface area contributed by atoms with Crippen LogP contribution in [0.3, 0.4) is 0 Å². The molecule has 1 fully saturated rings. The number of aryl methyl sites for hydroxylation is 2. The highest BCUT2D eigenvalue weighted by atomic mass is 16.1. The molecule has 0 radical (unpaired) electrons. The summed E-state index contributed by atoms with van der Waals surface area (Å²) in [6.07, 6.45) is 1.15. The Hall–Kier alpha value is -1.48. The Morgan fingerprint density at radius 2 is 1.79 bits per heavy atom. The Balaban J connectivity index is 2.10. The first kappa shape index (κ1) is 13.9. The fourth-order valence-electron chi connectivity index (χ4n) is 2.46. The maximum absolute atomic E-state index is 12.5.